The zero-order chi connectivity index (χ0) is 15.1. The van der Waals surface area contributed by atoms with E-state index in [1.807, 2.05) is 31.4 Å². The zero-order valence-electron chi connectivity index (χ0n) is 12.3. The third-order valence-electron chi connectivity index (χ3n) is 3.13. The van der Waals surface area contributed by atoms with Gasteiger partial charge in [0.05, 0.1) is 12.6 Å². The van der Waals surface area contributed by atoms with Crippen LogP contribution >= 0.6 is 11.3 Å². The van der Waals surface area contributed by atoms with Crippen LogP contribution in [-0.2, 0) is 16.0 Å². The quantitative estimate of drug-likeness (QED) is 0.783. The Labute approximate surface area is 124 Å². The highest BCUT2D eigenvalue weighted by molar-refractivity contribution is 7.09. The molecule has 2 amide bonds. The molecule has 0 unspecified atom stereocenters. The van der Waals surface area contributed by atoms with E-state index in [0.29, 0.717) is 6.54 Å². The van der Waals surface area contributed by atoms with Gasteiger partial charge in [-0.25, -0.2) is 0 Å². The Morgan fingerprint density at radius 2 is 2.15 bits per heavy atom. The summed E-state index contributed by atoms with van der Waals surface area (Å²) in [6.45, 7) is 4.39. The van der Waals surface area contributed by atoms with Crippen molar-refractivity contribution < 1.29 is 9.59 Å². The highest BCUT2D eigenvalue weighted by atomic mass is 32.1. The number of nitrogens with zero attached hydrogens (tertiary/aromatic N) is 1. The maximum Gasteiger partial charge on any atom is 0.241 e. The Balaban J connectivity index is 2.29. The Morgan fingerprint density at radius 1 is 1.45 bits per heavy atom. The van der Waals surface area contributed by atoms with Gasteiger partial charge in [-0.15, -0.1) is 11.3 Å². The number of rotatable bonds is 7. The van der Waals surface area contributed by atoms with Crippen LogP contribution in [0.15, 0.2) is 17.5 Å². The molecular weight excluding hydrogens is 274 g/mol. The largest absolute Gasteiger partial charge is 0.346 e. The highest BCUT2D eigenvalue weighted by Gasteiger charge is 2.18. The Bertz CT molecular complexity index is 432. The van der Waals surface area contributed by atoms with E-state index in [0.717, 1.165) is 6.42 Å². The first kappa shape index (κ1) is 16.7. The van der Waals surface area contributed by atoms with Crippen LogP contribution in [0.2, 0.25) is 0 Å². The molecule has 6 heteroatoms. The summed E-state index contributed by atoms with van der Waals surface area (Å²) < 4.78 is 0. The summed E-state index contributed by atoms with van der Waals surface area (Å²) in [4.78, 5) is 26.4. The van der Waals surface area contributed by atoms with Gasteiger partial charge >= 0.3 is 0 Å². The minimum atomic E-state index is -0.570. The van der Waals surface area contributed by atoms with Gasteiger partial charge in [-0.1, -0.05) is 19.9 Å². The zero-order valence-corrected chi connectivity index (χ0v) is 13.1. The number of carbonyl (C=O) groups is 2. The number of likely N-dealkylation sites (N-methyl/N-ethyl adjacent to an activating group) is 1. The van der Waals surface area contributed by atoms with Crippen LogP contribution in [0.5, 0.6) is 0 Å². The summed E-state index contributed by atoms with van der Waals surface area (Å²) in [6.07, 6.45) is 0.833. The van der Waals surface area contributed by atoms with E-state index in [1.165, 1.54) is 4.88 Å². The van der Waals surface area contributed by atoms with Crippen LogP contribution in [0.4, 0.5) is 0 Å². The molecule has 0 bridgehead atoms. The molecule has 1 aromatic heterocycles. The second kappa shape index (κ2) is 8.01. The lowest BCUT2D eigenvalue weighted by Crippen LogP contribution is -2.47. The predicted octanol–water partition coefficient (Wildman–Crippen LogP) is 0.849. The van der Waals surface area contributed by atoms with Gasteiger partial charge in [-0.05, 0) is 23.8 Å². The number of carbonyl (C=O) groups excluding carboxylic acids is 2. The molecule has 0 radical (unpaired) electrons. The fourth-order valence-corrected chi connectivity index (χ4v) is 2.27. The molecule has 0 aliphatic carbocycles. The molecular formula is C14H23N3O2S. The first-order valence-corrected chi connectivity index (χ1v) is 7.59. The third kappa shape index (κ3) is 5.30. The molecule has 3 N–H and O–H groups in total. The number of amides is 2. The predicted molar refractivity (Wildman–Crippen MR) is 81.5 cm³/mol. The molecule has 1 heterocycles. The van der Waals surface area contributed by atoms with Crippen LogP contribution in [0.1, 0.15) is 18.7 Å². The molecule has 0 aliphatic heterocycles. The molecule has 1 aromatic rings. The van der Waals surface area contributed by atoms with Crippen LogP contribution in [0.25, 0.3) is 0 Å². The van der Waals surface area contributed by atoms with Crippen LogP contribution < -0.4 is 11.1 Å². The summed E-state index contributed by atoms with van der Waals surface area (Å²) in [5, 5.41) is 4.60. The second-order valence-corrected chi connectivity index (χ2v) is 6.16. The fourth-order valence-electron chi connectivity index (χ4n) is 1.58. The Morgan fingerprint density at radius 3 is 2.70 bits per heavy atom. The fraction of sp³-hybridized carbons (Fsp3) is 0.571. The van der Waals surface area contributed by atoms with Crippen molar-refractivity contribution in [2.24, 2.45) is 11.7 Å². The topological polar surface area (TPSA) is 75.4 Å². The number of hydrogen-bond acceptors (Lipinski definition) is 4. The molecule has 0 spiro atoms. The summed E-state index contributed by atoms with van der Waals surface area (Å²) in [5.74, 6) is -0.326. The van der Waals surface area contributed by atoms with Gasteiger partial charge in [-0.3, -0.25) is 9.59 Å². The van der Waals surface area contributed by atoms with Crippen LogP contribution in [-0.4, -0.2) is 42.9 Å². The van der Waals surface area contributed by atoms with Crippen molar-refractivity contribution in [2.75, 3.05) is 20.1 Å². The van der Waals surface area contributed by atoms with E-state index in [1.54, 1.807) is 23.3 Å². The van der Waals surface area contributed by atoms with E-state index in [9.17, 15) is 9.59 Å². The SMILES string of the molecule is CC(C)[C@H](N)C(=O)NCC(=O)N(C)CCc1cccs1. The minimum Gasteiger partial charge on any atom is -0.346 e. The molecule has 5 nitrogen and oxygen atoms in total. The summed E-state index contributed by atoms with van der Waals surface area (Å²) in [6, 6.07) is 3.47. The summed E-state index contributed by atoms with van der Waals surface area (Å²) in [5.41, 5.74) is 5.71. The van der Waals surface area contributed by atoms with Crippen molar-refractivity contribution in [3.05, 3.63) is 22.4 Å². The van der Waals surface area contributed by atoms with E-state index < -0.39 is 6.04 Å². The van der Waals surface area contributed by atoms with E-state index >= 15 is 0 Å². The molecule has 0 aromatic carbocycles. The van der Waals surface area contributed by atoms with Gasteiger partial charge < -0.3 is 16.0 Å². The first-order valence-electron chi connectivity index (χ1n) is 6.71. The van der Waals surface area contributed by atoms with Crippen molar-refractivity contribution in [1.29, 1.82) is 0 Å². The molecule has 0 fully saturated rings. The van der Waals surface area contributed by atoms with Crippen molar-refractivity contribution in [3.8, 4) is 0 Å². The van der Waals surface area contributed by atoms with Gasteiger partial charge in [0.2, 0.25) is 11.8 Å². The van der Waals surface area contributed by atoms with Crippen molar-refractivity contribution in [3.63, 3.8) is 0 Å². The number of hydrogen-bond donors (Lipinski definition) is 2. The lowest BCUT2D eigenvalue weighted by Gasteiger charge is -2.19. The second-order valence-electron chi connectivity index (χ2n) is 5.13. The number of nitrogens with one attached hydrogen (secondary N) is 1. The van der Waals surface area contributed by atoms with E-state index in [2.05, 4.69) is 5.32 Å². The molecule has 112 valence electrons. The normalized spacial score (nSPS) is 12.2. The monoisotopic (exact) mass is 297 g/mol. The maximum absolute atomic E-state index is 11.9. The molecule has 0 aliphatic rings. The van der Waals surface area contributed by atoms with Gasteiger partial charge in [0.15, 0.2) is 0 Å². The average Bonchev–Trinajstić information content (AvgIpc) is 2.93. The Hall–Kier alpha value is -1.40. The van der Waals surface area contributed by atoms with Gasteiger partial charge in [0.25, 0.3) is 0 Å². The number of nitrogens with two attached hydrogens (primary N) is 1. The summed E-state index contributed by atoms with van der Waals surface area (Å²) >= 11 is 1.68. The lowest BCUT2D eigenvalue weighted by atomic mass is 10.1. The third-order valence-corrected chi connectivity index (χ3v) is 4.07. The van der Waals surface area contributed by atoms with Crippen molar-refractivity contribution in [1.82, 2.24) is 10.2 Å². The lowest BCUT2D eigenvalue weighted by molar-refractivity contribution is -0.132. The van der Waals surface area contributed by atoms with Crippen molar-refractivity contribution >= 4 is 23.2 Å². The number of thiophene rings is 1. The van der Waals surface area contributed by atoms with E-state index in [4.69, 9.17) is 5.73 Å². The molecule has 20 heavy (non-hydrogen) atoms. The van der Waals surface area contributed by atoms with Crippen LogP contribution in [0, 0.1) is 5.92 Å². The van der Waals surface area contributed by atoms with Crippen LogP contribution in [0.3, 0.4) is 0 Å². The van der Waals surface area contributed by atoms with Gasteiger partial charge in [-0.2, -0.15) is 0 Å². The standard InChI is InChI=1S/C14H23N3O2S/c1-10(2)13(15)14(19)16-9-12(18)17(3)7-6-11-5-4-8-20-11/h4-5,8,10,13H,6-7,9,15H2,1-3H3,(H,16,19)/t13-/m0/s1. The molecule has 0 saturated carbocycles. The van der Waals surface area contributed by atoms with Gasteiger partial charge in [0, 0.05) is 18.5 Å². The van der Waals surface area contributed by atoms with Crippen molar-refractivity contribution in [2.45, 2.75) is 26.3 Å². The Kier molecular flexibility index (Phi) is 6.67. The summed E-state index contributed by atoms with van der Waals surface area (Å²) in [7, 11) is 1.74. The molecule has 0 saturated heterocycles. The minimum absolute atomic E-state index is 0.000192. The molecule has 1 atom stereocenters. The smallest absolute Gasteiger partial charge is 0.241 e. The average molecular weight is 297 g/mol. The maximum atomic E-state index is 11.9. The van der Waals surface area contributed by atoms with Gasteiger partial charge in [0.1, 0.15) is 0 Å². The molecule has 1 rings (SSSR count). The highest BCUT2D eigenvalue weighted by Crippen LogP contribution is 2.09. The van der Waals surface area contributed by atoms with E-state index in [-0.39, 0.29) is 24.3 Å². The first-order chi connectivity index (χ1) is 9.41.